The van der Waals surface area contributed by atoms with E-state index in [2.05, 4.69) is 9.97 Å². The van der Waals surface area contributed by atoms with Crippen LogP contribution in [-0.4, -0.2) is 18.4 Å². The van der Waals surface area contributed by atoms with Crippen LogP contribution in [0.15, 0.2) is 65.7 Å². The Morgan fingerprint density at radius 2 is 1.73 bits per heavy atom. The number of aromatic nitrogens is 2. The van der Waals surface area contributed by atoms with Crippen molar-refractivity contribution in [3.05, 3.63) is 78.0 Å². The van der Waals surface area contributed by atoms with Crippen LogP contribution < -0.4 is 10.5 Å². The number of nitrogens with zero attached hydrogens (tertiary/aromatic N) is 2. The van der Waals surface area contributed by atoms with E-state index in [0.717, 1.165) is 24.3 Å². The van der Waals surface area contributed by atoms with E-state index >= 15 is 4.39 Å². The number of halogens is 5. The molecule has 4 aromatic rings. The molecule has 3 N–H and O–H groups in total. The van der Waals surface area contributed by atoms with E-state index in [-0.39, 0.29) is 11.5 Å². The Labute approximate surface area is 184 Å². The Bertz CT molecular complexity index is 1490. The van der Waals surface area contributed by atoms with Gasteiger partial charge in [0.05, 0.1) is 27.2 Å². The summed E-state index contributed by atoms with van der Waals surface area (Å²) in [6, 6.07) is 8.84. The minimum Gasteiger partial charge on any atom is -0.368 e. The van der Waals surface area contributed by atoms with Crippen molar-refractivity contribution in [1.29, 1.82) is 0 Å². The van der Waals surface area contributed by atoms with Crippen molar-refractivity contribution < 1.29 is 30.4 Å². The second-order valence-corrected chi connectivity index (χ2v) is 8.60. The first-order valence-electron chi connectivity index (χ1n) is 9.16. The predicted molar refractivity (Wildman–Crippen MR) is 112 cm³/mol. The maximum absolute atomic E-state index is 15.2. The van der Waals surface area contributed by atoms with Gasteiger partial charge in [-0.15, -0.1) is 0 Å². The van der Waals surface area contributed by atoms with E-state index in [9.17, 15) is 26.0 Å². The molecular formula is C21H13F5N4O2S. The van der Waals surface area contributed by atoms with Crippen LogP contribution in [0.25, 0.3) is 22.0 Å². The van der Waals surface area contributed by atoms with E-state index in [1.54, 1.807) is 0 Å². The normalized spacial score (nSPS) is 12.2. The molecule has 4 rings (SSSR count). The van der Waals surface area contributed by atoms with E-state index in [0.29, 0.717) is 23.0 Å². The molecule has 0 saturated heterocycles. The Balaban J connectivity index is 1.75. The monoisotopic (exact) mass is 480 g/mol. The number of rotatable bonds is 4. The maximum Gasteiger partial charge on any atom is 0.416 e. The first-order chi connectivity index (χ1) is 15.5. The first-order valence-corrected chi connectivity index (χ1v) is 10.6. The molecule has 0 unspecified atom stereocenters. The summed E-state index contributed by atoms with van der Waals surface area (Å²) in [5.41, 5.74) is 3.62. The lowest BCUT2D eigenvalue weighted by Gasteiger charge is -2.14. The van der Waals surface area contributed by atoms with Gasteiger partial charge < -0.3 is 5.73 Å². The van der Waals surface area contributed by atoms with Crippen LogP contribution in [0.2, 0.25) is 0 Å². The highest BCUT2D eigenvalue weighted by Gasteiger charge is 2.32. The molecule has 3 aromatic carbocycles. The molecule has 0 atom stereocenters. The zero-order chi connectivity index (χ0) is 24.0. The van der Waals surface area contributed by atoms with Crippen LogP contribution in [0.5, 0.6) is 0 Å². The first kappa shape index (κ1) is 22.4. The van der Waals surface area contributed by atoms with E-state index in [1.165, 1.54) is 24.4 Å². The molecule has 0 aliphatic heterocycles. The van der Waals surface area contributed by atoms with Gasteiger partial charge in [-0.1, -0.05) is 12.1 Å². The molecule has 0 fully saturated rings. The third-order valence-corrected chi connectivity index (χ3v) is 6.06. The number of sulfonamides is 1. The summed E-state index contributed by atoms with van der Waals surface area (Å²) in [6.45, 7) is 0. The molecule has 170 valence electrons. The average molecular weight is 480 g/mol. The molecule has 33 heavy (non-hydrogen) atoms. The predicted octanol–water partition coefficient (Wildman–Crippen LogP) is 4.98. The Morgan fingerprint density at radius 1 is 0.970 bits per heavy atom. The van der Waals surface area contributed by atoms with Gasteiger partial charge in [0.25, 0.3) is 10.0 Å². The fourth-order valence-electron chi connectivity index (χ4n) is 3.14. The van der Waals surface area contributed by atoms with Gasteiger partial charge in [-0.05, 0) is 48.0 Å². The minimum atomic E-state index is -4.77. The van der Waals surface area contributed by atoms with Crippen LogP contribution in [-0.2, 0) is 16.2 Å². The highest BCUT2D eigenvalue weighted by atomic mass is 32.2. The molecule has 1 aromatic heterocycles. The van der Waals surface area contributed by atoms with Gasteiger partial charge in [0.2, 0.25) is 5.95 Å². The maximum atomic E-state index is 15.2. The van der Waals surface area contributed by atoms with Crippen molar-refractivity contribution in [2.75, 3.05) is 10.5 Å². The number of nitrogens with one attached hydrogen (secondary N) is 1. The second-order valence-electron chi connectivity index (χ2n) is 6.92. The standard InChI is InChI=1S/C21H13F5N4O2S/c22-15-5-7-17(30-33(31,32)14-3-1-2-13(9-14)21(24,25)26)19(23)18(15)11-4-6-16-12(8-11)10-28-20(27)29-16/h1-10,30H,(H2,27,28,29). The number of benzene rings is 3. The third kappa shape index (κ3) is 4.42. The highest BCUT2D eigenvalue weighted by Crippen LogP contribution is 2.34. The van der Waals surface area contributed by atoms with Crippen molar-refractivity contribution in [2.24, 2.45) is 0 Å². The van der Waals surface area contributed by atoms with Gasteiger partial charge in [-0.3, -0.25) is 4.72 Å². The number of hydrogen-bond acceptors (Lipinski definition) is 5. The fourth-order valence-corrected chi connectivity index (χ4v) is 4.25. The van der Waals surface area contributed by atoms with Crippen molar-refractivity contribution in [3.63, 3.8) is 0 Å². The summed E-state index contributed by atoms with van der Waals surface area (Å²) in [7, 11) is -4.62. The number of alkyl halides is 3. The lowest BCUT2D eigenvalue weighted by atomic mass is 10.0. The molecule has 0 spiro atoms. The summed E-state index contributed by atoms with van der Waals surface area (Å²) < 4.78 is 95.6. The van der Waals surface area contributed by atoms with Gasteiger partial charge in [0.1, 0.15) is 5.82 Å². The summed E-state index contributed by atoms with van der Waals surface area (Å²) in [5.74, 6) is -2.22. The van der Waals surface area contributed by atoms with Gasteiger partial charge >= 0.3 is 6.18 Å². The Kier molecular flexibility index (Phi) is 5.40. The number of anilines is 2. The van der Waals surface area contributed by atoms with Gasteiger partial charge in [-0.2, -0.15) is 13.2 Å². The van der Waals surface area contributed by atoms with Crippen LogP contribution in [0.1, 0.15) is 5.56 Å². The third-order valence-electron chi connectivity index (χ3n) is 4.69. The highest BCUT2D eigenvalue weighted by molar-refractivity contribution is 7.92. The average Bonchev–Trinajstić information content (AvgIpc) is 2.75. The van der Waals surface area contributed by atoms with E-state index in [1.807, 2.05) is 4.72 Å². The summed E-state index contributed by atoms with van der Waals surface area (Å²) in [6.07, 6.45) is -3.42. The quantitative estimate of drug-likeness (QED) is 0.402. The van der Waals surface area contributed by atoms with Gasteiger partial charge in [0.15, 0.2) is 5.82 Å². The molecule has 12 heteroatoms. The van der Waals surface area contributed by atoms with Crippen LogP contribution in [0.4, 0.5) is 33.6 Å². The van der Waals surface area contributed by atoms with Crippen molar-refractivity contribution in [1.82, 2.24) is 9.97 Å². The molecular weight excluding hydrogens is 467 g/mol. The minimum absolute atomic E-state index is 0.0126. The zero-order valence-electron chi connectivity index (χ0n) is 16.4. The lowest BCUT2D eigenvalue weighted by Crippen LogP contribution is -2.16. The molecule has 0 radical (unpaired) electrons. The molecule has 1 heterocycles. The smallest absolute Gasteiger partial charge is 0.368 e. The molecule has 0 saturated carbocycles. The zero-order valence-corrected chi connectivity index (χ0v) is 17.2. The Hall–Kier alpha value is -3.80. The lowest BCUT2D eigenvalue weighted by molar-refractivity contribution is -0.137. The SMILES string of the molecule is Nc1ncc2cc(-c3c(F)ccc(NS(=O)(=O)c4cccc(C(F)(F)F)c4)c3F)ccc2n1. The molecule has 0 aliphatic rings. The topological polar surface area (TPSA) is 98.0 Å². The van der Waals surface area contributed by atoms with E-state index in [4.69, 9.17) is 5.73 Å². The van der Waals surface area contributed by atoms with Gasteiger partial charge in [-0.25, -0.2) is 27.2 Å². The largest absolute Gasteiger partial charge is 0.416 e. The summed E-state index contributed by atoms with van der Waals surface area (Å²) >= 11 is 0. The van der Waals surface area contributed by atoms with Crippen molar-refractivity contribution in [2.45, 2.75) is 11.1 Å². The second kappa shape index (κ2) is 7.96. The number of fused-ring (bicyclic) bond motifs is 1. The Morgan fingerprint density at radius 3 is 2.45 bits per heavy atom. The van der Waals surface area contributed by atoms with Crippen LogP contribution >= 0.6 is 0 Å². The fraction of sp³-hybridized carbons (Fsp3) is 0.0476. The summed E-state index contributed by atoms with van der Waals surface area (Å²) in [5, 5.41) is 0.426. The van der Waals surface area contributed by atoms with Crippen LogP contribution in [0.3, 0.4) is 0 Å². The molecule has 0 bridgehead atoms. The van der Waals surface area contributed by atoms with Crippen LogP contribution in [0, 0.1) is 11.6 Å². The van der Waals surface area contributed by atoms with Crippen molar-refractivity contribution >= 4 is 32.6 Å². The number of nitrogens with two attached hydrogens (primary N) is 1. The van der Waals surface area contributed by atoms with Gasteiger partial charge in [0, 0.05) is 11.6 Å². The summed E-state index contributed by atoms with van der Waals surface area (Å²) in [4.78, 5) is 7.07. The molecule has 0 aliphatic carbocycles. The number of nitrogen functional groups attached to an aromatic ring is 1. The van der Waals surface area contributed by atoms with E-state index < -0.39 is 49.5 Å². The van der Waals surface area contributed by atoms with Crippen molar-refractivity contribution in [3.8, 4) is 11.1 Å². The number of hydrogen-bond donors (Lipinski definition) is 2. The molecule has 0 amide bonds. The molecule has 6 nitrogen and oxygen atoms in total.